The lowest BCUT2D eigenvalue weighted by atomic mass is 10.1. The Morgan fingerprint density at radius 2 is 2.05 bits per heavy atom. The highest BCUT2D eigenvalue weighted by atomic mass is 32.2. The number of hydrogen-bond acceptors (Lipinski definition) is 9. The van der Waals surface area contributed by atoms with Gasteiger partial charge in [0.1, 0.15) is 24.7 Å². The van der Waals surface area contributed by atoms with Crippen LogP contribution in [0.3, 0.4) is 0 Å². The highest BCUT2D eigenvalue weighted by molar-refractivity contribution is 7.99. The number of piperidine rings is 1. The van der Waals surface area contributed by atoms with Crippen LogP contribution in [-0.4, -0.2) is 67.4 Å². The first-order valence-corrected chi connectivity index (χ1v) is 14.8. The first kappa shape index (κ1) is 29.4. The topological polar surface area (TPSA) is 121 Å². The fraction of sp³-hybridized carbons (Fsp3) is 0.379. The van der Waals surface area contributed by atoms with Crippen molar-refractivity contribution >= 4 is 29.6 Å². The number of thioether (sulfide) groups is 1. The van der Waals surface area contributed by atoms with E-state index in [-0.39, 0.29) is 41.3 Å². The molecular weight excluding hydrogens is 562 g/mol. The maximum Gasteiger partial charge on any atom is 0.243 e. The van der Waals surface area contributed by atoms with Gasteiger partial charge in [-0.15, -0.1) is 10.2 Å². The Balaban J connectivity index is 1.29. The first-order valence-electron chi connectivity index (χ1n) is 13.9. The van der Waals surface area contributed by atoms with Gasteiger partial charge in [0.2, 0.25) is 5.91 Å². The lowest BCUT2D eigenvalue weighted by Crippen LogP contribution is -2.40. The lowest BCUT2D eigenvalue weighted by molar-refractivity contribution is -0.131. The van der Waals surface area contributed by atoms with Gasteiger partial charge in [0.05, 0.1) is 11.9 Å². The predicted octanol–water partition coefficient (Wildman–Crippen LogP) is 4.68. The summed E-state index contributed by atoms with van der Waals surface area (Å²) in [5, 5.41) is 21.1. The summed E-state index contributed by atoms with van der Waals surface area (Å²) < 4.78 is 37.7. The second-order valence-corrected chi connectivity index (χ2v) is 11.1. The minimum absolute atomic E-state index is 0.0996. The number of halogens is 2. The van der Waals surface area contributed by atoms with Gasteiger partial charge in [0.15, 0.2) is 22.5 Å². The Labute approximate surface area is 246 Å². The Morgan fingerprint density at radius 1 is 1.19 bits per heavy atom. The van der Waals surface area contributed by atoms with E-state index in [1.807, 2.05) is 6.07 Å². The summed E-state index contributed by atoms with van der Waals surface area (Å²) in [6.07, 6.45) is 14.7. The molecule has 3 aromatic rings. The van der Waals surface area contributed by atoms with Crippen molar-refractivity contribution in [2.24, 2.45) is 5.10 Å². The molecule has 1 saturated heterocycles. The van der Waals surface area contributed by atoms with Crippen molar-refractivity contribution in [3.8, 4) is 11.4 Å². The van der Waals surface area contributed by atoms with E-state index in [1.165, 1.54) is 0 Å². The number of amides is 1. The summed E-state index contributed by atoms with van der Waals surface area (Å²) in [6, 6.07) is 5.49. The van der Waals surface area contributed by atoms with Gasteiger partial charge in [-0.25, -0.2) is 8.78 Å². The van der Waals surface area contributed by atoms with E-state index >= 15 is 8.78 Å². The molecule has 1 aliphatic carbocycles. The Hall–Kier alpha value is -4.13. The van der Waals surface area contributed by atoms with Gasteiger partial charge < -0.3 is 15.0 Å². The molecule has 1 aliphatic heterocycles. The molecule has 1 atom stereocenters. The molecule has 0 saturated carbocycles. The molecule has 2 N–H and O–H groups in total. The third-order valence-corrected chi connectivity index (χ3v) is 8.17. The zero-order valence-electron chi connectivity index (χ0n) is 23.0. The summed E-state index contributed by atoms with van der Waals surface area (Å²) in [6.45, 7) is 1.11. The molecule has 0 radical (unpaired) electrons. The quantitative estimate of drug-likeness (QED) is 0.188. The molecule has 1 fully saturated rings. The number of likely N-dealkylation sites (tertiary alicyclic amines) is 1. The van der Waals surface area contributed by atoms with E-state index in [0.29, 0.717) is 24.1 Å². The van der Waals surface area contributed by atoms with Crippen molar-refractivity contribution in [2.75, 3.05) is 19.6 Å². The molecule has 2 aliphatic rings. The number of nitrogens with zero attached hydrogens (tertiary/aromatic N) is 6. The summed E-state index contributed by atoms with van der Waals surface area (Å²) >= 11 is 1.58. The molecular formula is C29H32F2N8O2S. The van der Waals surface area contributed by atoms with Crippen LogP contribution in [0.4, 0.5) is 8.78 Å². The number of carbonyl (C=O) groups excluding carboxylic acids is 1. The van der Waals surface area contributed by atoms with Gasteiger partial charge >= 0.3 is 0 Å². The van der Waals surface area contributed by atoms with Crippen LogP contribution < -0.4 is 10.2 Å². The van der Waals surface area contributed by atoms with Gasteiger partial charge in [-0.3, -0.25) is 19.8 Å². The van der Waals surface area contributed by atoms with Crippen LogP contribution in [0, 0.1) is 17.0 Å². The summed E-state index contributed by atoms with van der Waals surface area (Å²) in [5.74, 6) is -1.71. The van der Waals surface area contributed by atoms with E-state index in [1.54, 1.807) is 39.7 Å². The first-order chi connectivity index (χ1) is 20.5. The van der Waals surface area contributed by atoms with E-state index in [4.69, 9.17) is 10.1 Å². The van der Waals surface area contributed by atoms with Gasteiger partial charge in [0.25, 0.3) is 0 Å². The highest BCUT2D eigenvalue weighted by Gasteiger charge is 2.21. The summed E-state index contributed by atoms with van der Waals surface area (Å²) in [5.41, 5.74) is 2.93. The number of hydrogen-bond donors (Lipinski definition) is 2. The molecule has 1 amide bonds. The molecule has 3 heterocycles. The maximum atomic E-state index is 15.1. The lowest BCUT2D eigenvalue weighted by Gasteiger charge is -2.26. The van der Waals surface area contributed by atoms with Crippen LogP contribution in [-0.2, 0) is 11.4 Å². The summed E-state index contributed by atoms with van der Waals surface area (Å²) in [4.78, 5) is 18.3. The number of nitrogens with one attached hydrogen (secondary N) is 2. The average molecular weight is 595 g/mol. The molecule has 5 rings (SSSR count). The van der Waals surface area contributed by atoms with Crippen molar-refractivity contribution in [1.82, 2.24) is 30.1 Å². The SMILES string of the molecule is N=C/C(=N\NCC(=O)N1CCCCC1)c1cc(F)c(OCc2nnc(SC3C=CCCC3)n2-c2cccnc2)cc1F. The van der Waals surface area contributed by atoms with E-state index < -0.39 is 11.6 Å². The Kier molecular flexibility index (Phi) is 9.90. The van der Waals surface area contributed by atoms with E-state index in [9.17, 15) is 4.79 Å². The zero-order valence-corrected chi connectivity index (χ0v) is 23.8. The molecule has 0 spiro atoms. The third-order valence-electron chi connectivity index (χ3n) is 7.00. The largest absolute Gasteiger partial charge is 0.482 e. The standard InChI is InChI=1S/C29H32F2N8O2S/c30-23-15-26(24(31)14-22(23)25(16-32)35-34-18-28(40)38-12-5-2-6-13-38)41-19-27-36-37-29(42-21-9-3-1-4-10-21)39(27)20-8-7-11-33-17-20/h3,7-9,11,14-17,21,32,34H,1-2,4-6,10,12-13,18-19H2/b32-16?,35-25+. The second-order valence-electron chi connectivity index (χ2n) is 9.93. The van der Waals surface area contributed by atoms with E-state index in [2.05, 4.69) is 37.9 Å². The van der Waals surface area contributed by atoms with Crippen LogP contribution in [0.2, 0.25) is 0 Å². The number of allylic oxidation sites excluding steroid dienone is 1. The van der Waals surface area contributed by atoms with Gasteiger partial charge in [-0.05, 0) is 56.7 Å². The molecule has 10 nitrogen and oxygen atoms in total. The van der Waals surface area contributed by atoms with Crippen LogP contribution in [0.5, 0.6) is 5.75 Å². The Morgan fingerprint density at radius 3 is 2.79 bits per heavy atom. The minimum Gasteiger partial charge on any atom is -0.482 e. The number of ether oxygens (including phenoxy) is 1. The summed E-state index contributed by atoms with van der Waals surface area (Å²) in [7, 11) is 0. The maximum absolute atomic E-state index is 15.1. The Bertz CT molecular complexity index is 1460. The monoisotopic (exact) mass is 594 g/mol. The fourth-order valence-corrected chi connectivity index (χ4v) is 5.97. The normalized spacial score (nSPS) is 17.2. The molecule has 220 valence electrons. The highest BCUT2D eigenvalue weighted by Crippen LogP contribution is 2.31. The van der Waals surface area contributed by atoms with Crippen LogP contribution in [0.15, 0.2) is 59.1 Å². The zero-order chi connectivity index (χ0) is 29.3. The minimum atomic E-state index is -0.834. The number of rotatable bonds is 11. The third kappa shape index (κ3) is 7.19. The number of benzene rings is 1. The molecule has 0 bridgehead atoms. The number of hydrazone groups is 1. The number of aromatic nitrogens is 4. The second kappa shape index (κ2) is 14.2. The van der Waals surface area contributed by atoms with Crippen molar-refractivity contribution in [2.45, 2.75) is 55.5 Å². The molecule has 1 unspecified atom stereocenters. The van der Waals surface area contributed by atoms with Crippen molar-refractivity contribution in [3.63, 3.8) is 0 Å². The van der Waals surface area contributed by atoms with Crippen molar-refractivity contribution < 1.29 is 18.3 Å². The van der Waals surface area contributed by atoms with Gasteiger partial charge in [-0.1, -0.05) is 23.9 Å². The van der Waals surface area contributed by atoms with Crippen molar-refractivity contribution in [1.29, 1.82) is 5.41 Å². The van der Waals surface area contributed by atoms with Gasteiger partial charge in [0, 0.05) is 42.4 Å². The van der Waals surface area contributed by atoms with E-state index in [0.717, 1.165) is 62.6 Å². The number of pyridine rings is 1. The van der Waals surface area contributed by atoms with Crippen LogP contribution >= 0.6 is 11.8 Å². The van der Waals surface area contributed by atoms with Gasteiger partial charge in [-0.2, -0.15) is 5.10 Å². The average Bonchev–Trinajstić information content (AvgIpc) is 3.43. The molecule has 42 heavy (non-hydrogen) atoms. The molecule has 2 aromatic heterocycles. The predicted molar refractivity (Wildman–Crippen MR) is 156 cm³/mol. The van der Waals surface area contributed by atoms with Crippen LogP contribution in [0.25, 0.3) is 5.69 Å². The van der Waals surface area contributed by atoms with Crippen LogP contribution in [0.1, 0.15) is 49.9 Å². The smallest absolute Gasteiger partial charge is 0.243 e. The molecule has 1 aromatic carbocycles. The van der Waals surface area contributed by atoms with Crippen molar-refractivity contribution in [3.05, 3.63) is 71.8 Å². The fourth-order valence-electron chi connectivity index (χ4n) is 4.83. The molecule has 13 heteroatoms. The number of carbonyl (C=O) groups is 1.